The van der Waals surface area contributed by atoms with Crippen LogP contribution in [0.25, 0.3) is 0 Å². The van der Waals surface area contributed by atoms with E-state index >= 15 is 0 Å². The van der Waals surface area contributed by atoms with Gasteiger partial charge in [-0.05, 0) is 39.3 Å². The van der Waals surface area contributed by atoms with E-state index in [1.54, 1.807) is 7.05 Å². The number of hydrogen-bond donors (Lipinski definition) is 1. The Bertz CT molecular complexity index is 575. The number of esters is 1. The van der Waals surface area contributed by atoms with E-state index in [0.29, 0.717) is 19.8 Å². The molecule has 5 nitrogen and oxygen atoms in total. The molecular weight excluding hydrogens is 330 g/mol. The molecule has 0 amide bonds. The molecular formula is C21H31NO4. The van der Waals surface area contributed by atoms with Gasteiger partial charge in [0.1, 0.15) is 12.1 Å². The normalized spacial score (nSPS) is 27.1. The number of carbonyl (C=O) groups excluding carboxylic acids is 1. The van der Waals surface area contributed by atoms with Crippen LogP contribution >= 0.6 is 0 Å². The lowest BCUT2D eigenvalue weighted by Gasteiger charge is -2.31. The summed E-state index contributed by atoms with van der Waals surface area (Å²) in [4.78, 5) is 12.3. The van der Waals surface area contributed by atoms with Crippen molar-refractivity contribution in [2.24, 2.45) is 5.92 Å². The van der Waals surface area contributed by atoms with Crippen LogP contribution in [0.1, 0.15) is 25.8 Å². The van der Waals surface area contributed by atoms with Crippen LogP contribution in [0.3, 0.4) is 0 Å². The Morgan fingerprint density at radius 1 is 1.31 bits per heavy atom. The Labute approximate surface area is 156 Å². The molecule has 5 heteroatoms. The summed E-state index contributed by atoms with van der Waals surface area (Å²) in [5.41, 5.74) is 2.29. The van der Waals surface area contributed by atoms with Gasteiger partial charge in [0.25, 0.3) is 0 Å². The summed E-state index contributed by atoms with van der Waals surface area (Å²) in [5.74, 6) is -0.199. The molecule has 0 aromatic heterocycles. The third-order valence-electron chi connectivity index (χ3n) is 4.66. The Hall–Kier alpha value is -1.69. The fourth-order valence-corrected chi connectivity index (χ4v) is 3.15. The lowest BCUT2D eigenvalue weighted by Crippen LogP contribution is -2.43. The van der Waals surface area contributed by atoms with Crippen molar-refractivity contribution in [2.45, 2.75) is 44.9 Å². The molecule has 0 saturated carbocycles. The van der Waals surface area contributed by atoms with Gasteiger partial charge in [-0.2, -0.15) is 0 Å². The number of rotatable bonds is 7. The number of hydrogen-bond acceptors (Lipinski definition) is 5. The van der Waals surface area contributed by atoms with Crippen molar-refractivity contribution in [3.05, 3.63) is 48.0 Å². The van der Waals surface area contributed by atoms with Gasteiger partial charge in [-0.25, -0.2) is 0 Å². The number of ether oxygens (including phenoxy) is 3. The van der Waals surface area contributed by atoms with E-state index in [2.05, 4.69) is 24.0 Å². The number of nitrogens with one attached hydrogen (secondary N) is 1. The molecule has 1 aliphatic heterocycles. The zero-order chi connectivity index (χ0) is 18.9. The molecule has 1 fully saturated rings. The first-order chi connectivity index (χ1) is 12.5. The van der Waals surface area contributed by atoms with Crippen molar-refractivity contribution in [3.63, 3.8) is 0 Å². The molecule has 1 N–H and O–H groups in total. The van der Waals surface area contributed by atoms with Gasteiger partial charge in [-0.15, -0.1) is 6.58 Å². The zero-order valence-corrected chi connectivity index (χ0v) is 16.1. The minimum Gasteiger partial charge on any atom is -0.459 e. The monoisotopic (exact) mass is 361 g/mol. The van der Waals surface area contributed by atoms with Crippen LogP contribution < -0.4 is 5.32 Å². The molecule has 144 valence electrons. The average molecular weight is 361 g/mol. The molecule has 1 aromatic carbocycles. The van der Waals surface area contributed by atoms with E-state index in [1.807, 2.05) is 32.0 Å². The molecule has 0 radical (unpaired) electrons. The highest BCUT2D eigenvalue weighted by molar-refractivity contribution is 5.76. The van der Waals surface area contributed by atoms with Crippen LogP contribution in [0.5, 0.6) is 0 Å². The van der Waals surface area contributed by atoms with Gasteiger partial charge < -0.3 is 19.5 Å². The number of benzene rings is 1. The van der Waals surface area contributed by atoms with Crippen molar-refractivity contribution in [2.75, 3.05) is 26.9 Å². The van der Waals surface area contributed by atoms with Crippen LogP contribution in [0.4, 0.5) is 0 Å². The third-order valence-corrected chi connectivity index (χ3v) is 4.66. The summed E-state index contributed by atoms with van der Waals surface area (Å²) in [6.45, 7) is 9.19. The second-order valence-electron chi connectivity index (χ2n) is 7.01. The molecule has 0 spiro atoms. The smallest absolute Gasteiger partial charge is 0.325 e. The SMILES string of the molecule is C=C(C)CCO[C@@H]1[C@@H](Cc2ccccc2)COC[C@H](NC)C(=O)O[C@H]1C. The van der Waals surface area contributed by atoms with Gasteiger partial charge in [0.15, 0.2) is 0 Å². The fraction of sp³-hybridized carbons (Fsp3) is 0.571. The maximum Gasteiger partial charge on any atom is 0.325 e. The van der Waals surface area contributed by atoms with Crippen molar-refractivity contribution in [3.8, 4) is 0 Å². The summed E-state index contributed by atoms with van der Waals surface area (Å²) in [6, 6.07) is 9.82. The summed E-state index contributed by atoms with van der Waals surface area (Å²) >= 11 is 0. The Morgan fingerprint density at radius 2 is 2.04 bits per heavy atom. The molecule has 4 atom stereocenters. The van der Waals surface area contributed by atoms with Crippen molar-refractivity contribution < 1.29 is 19.0 Å². The molecule has 0 bridgehead atoms. The van der Waals surface area contributed by atoms with Crippen LogP contribution in [-0.4, -0.2) is 51.1 Å². The summed E-state index contributed by atoms with van der Waals surface area (Å²) in [7, 11) is 1.74. The van der Waals surface area contributed by atoms with Gasteiger partial charge in [0, 0.05) is 5.92 Å². The van der Waals surface area contributed by atoms with Gasteiger partial charge >= 0.3 is 5.97 Å². The van der Waals surface area contributed by atoms with Crippen molar-refractivity contribution in [1.82, 2.24) is 5.32 Å². The first kappa shape index (κ1) is 20.6. The number of likely N-dealkylation sites (N-methyl/N-ethyl adjacent to an activating group) is 1. The topological polar surface area (TPSA) is 56.8 Å². The molecule has 1 aliphatic rings. The van der Waals surface area contributed by atoms with E-state index in [4.69, 9.17) is 14.2 Å². The highest BCUT2D eigenvalue weighted by Crippen LogP contribution is 2.23. The minimum absolute atomic E-state index is 0.0981. The van der Waals surface area contributed by atoms with Crippen LogP contribution in [0, 0.1) is 5.92 Å². The highest BCUT2D eigenvalue weighted by atomic mass is 16.6. The molecule has 0 aliphatic carbocycles. The van der Waals surface area contributed by atoms with Crippen LogP contribution in [0.2, 0.25) is 0 Å². The van der Waals surface area contributed by atoms with Crippen LogP contribution in [0.15, 0.2) is 42.5 Å². The standard InChI is InChI=1S/C21H31NO4/c1-15(2)10-11-25-20-16(3)26-21(23)19(22-4)14-24-13-18(20)12-17-8-6-5-7-9-17/h5-9,16,18-20,22H,1,10-14H2,2-4H3/t16-,18-,19-,20-/m0/s1. The van der Waals surface area contributed by atoms with E-state index in [1.165, 1.54) is 5.56 Å². The summed E-state index contributed by atoms with van der Waals surface area (Å²) in [6.07, 6.45) is 1.02. The zero-order valence-electron chi connectivity index (χ0n) is 16.1. The summed E-state index contributed by atoms with van der Waals surface area (Å²) in [5, 5.41) is 2.96. The predicted octanol–water partition coefficient (Wildman–Crippen LogP) is 2.75. The van der Waals surface area contributed by atoms with Crippen LogP contribution in [-0.2, 0) is 25.4 Å². The average Bonchev–Trinajstić information content (AvgIpc) is 2.66. The first-order valence-electron chi connectivity index (χ1n) is 9.26. The molecule has 1 aromatic rings. The Morgan fingerprint density at radius 3 is 2.69 bits per heavy atom. The molecule has 1 heterocycles. The second kappa shape index (κ2) is 10.5. The maximum absolute atomic E-state index is 12.3. The number of cyclic esters (lactones) is 1. The molecule has 1 saturated heterocycles. The lowest BCUT2D eigenvalue weighted by atomic mass is 9.91. The van der Waals surface area contributed by atoms with Gasteiger partial charge in [-0.3, -0.25) is 4.79 Å². The van der Waals surface area contributed by atoms with E-state index < -0.39 is 6.04 Å². The lowest BCUT2D eigenvalue weighted by molar-refractivity contribution is -0.160. The van der Waals surface area contributed by atoms with Gasteiger partial charge in [-0.1, -0.05) is 35.9 Å². The van der Waals surface area contributed by atoms with Crippen molar-refractivity contribution >= 4 is 5.97 Å². The predicted molar refractivity (Wildman–Crippen MR) is 102 cm³/mol. The fourth-order valence-electron chi connectivity index (χ4n) is 3.15. The maximum atomic E-state index is 12.3. The van der Waals surface area contributed by atoms with E-state index in [-0.39, 0.29) is 24.1 Å². The Balaban J connectivity index is 2.16. The minimum atomic E-state index is -0.455. The first-order valence-corrected chi connectivity index (χ1v) is 9.26. The number of carbonyl (C=O) groups is 1. The molecule has 26 heavy (non-hydrogen) atoms. The largest absolute Gasteiger partial charge is 0.459 e. The van der Waals surface area contributed by atoms with Gasteiger partial charge in [0.2, 0.25) is 0 Å². The molecule has 0 unspecified atom stereocenters. The van der Waals surface area contributed by atoms with Crippen molar-refractivity contribution in [1.29, 1.82) is 0 Å². The highest BCUT2D eigenvalue weighted by Gasteiger charge is 2.34. The molecule has 2 rings (SSSR count). The second-order valence-corrected chi connectivity index (χ2v) is 7.01. The van der Waals surface area contributed by atoms with E-state index in [0.717, 1.165) is 18.4 Å². The quantitative estimate of drug-likeness (QED) is 0.598. The van der Waals surface area contributed by atoms with Gasteiger partial charge in [0.05, 0.1) is 25.9 Å². The van der Waals surface area contributed by atoms with E-state index in [9.17, 15) is 4.79 Å². The Kier molecular flexibility index (Phi) is 8.29. The third kappa shape index (κ3) is 6.24. The summed E-state index contributed by atoms with van der Waals surface area (Å²) < 4.78 is 17.7.